The topological polar surface area (TPSA) is 71.3 Å². The Bertz CT molecular complexity index is 455. The van der Waals surface area contributed by atoms with Crippen LogP contribution in [-0.4, -0.2) is 36.1 Å². The molecule has 0 saturated carbocycles. The minimum atomic E-state index is -0.428. The van der Waals surface area contributed by atoms with Gasteiger partial charge in [0.2, 0.25) is 5.82 Å². The predicted octanol–water partition coefficient (Wildman–Crippen LogP) is 1.83. The molecule has 0 amide bonds. The molecule has 6 nitrogen and oxygen atoms in total. The summed E-state index contributed by atoms with van der Waals surface area (Å²) >= 11 is 5.77. The van der Waals surface area contributed by atoms with Gasteiger partial charge in [0.15, 0.2) is 0 Å². The third-order valence-corrected chi connectivity index (χ3v) is 3.31. The van der Waals surface area contributed by atoms with Crippen molar-refractivity contribution < 1.29 is 4.92 Å². The number of aromatic nitrogens is 1. The average molecular weight is 271 g/mol. The van der Waals surface area contributed by atoms with Crippen molar-refractivity contribution in [2.45, 2.75) is 18.9 Å². The quantitative estimate of drug-likeness (QED) is 0.668. The first-order chi connectivity index (χ1) is 8.63. The Morgan fingerprint density at radius 1 is 1.72 bits per heavy atom. The molecule has 1 aromatic heterocycles. The summed E-state index contributed by atoms with van der Waals surface area (Å²) in [6.45, 7) is 1.59. The van der Waals surface area contributed by atoms with E-state index in [4.69, 9.17) is 11.6 Å². The predicted molar refractivity (Wildman–Crippen MR) is 70.2 cm³/mol. The molecule has 0 bridgehead atoms. The lowest BCUT2D eigenvalue weighted by Gasteiger charge is -2.25. The number of nitrogens with zero attached hydrogens (tertiary/aromatic N) is 3. The van der Waals surface area contributed by atoms with Gasteiger partial charge in [-0.3, -0.25) is 10.1 Å². The Hall–Kier alpha value is -1.40. The first-order valence-electron chi connectivity index (χ1n) is 5.84. The molecule has 18 heavy (non-hydrogen) atoms. The summed E-state index contributed by atoms with van der Waals surface area (Å²) in [5, 5.41) is 14.5. The van der Waals surface area contributed by atoms with E-state index < -0.39 is 4.92 Å². The van der Waals surface area contributed by atoms with Crippen molar-refractivity contribution in [1.82, 2.24) is 10.3 Å². The zero-order valence-electron chi connectivity index (χ0n) is 10.1. The van der Waals surface area contributed by atoms with Crippen molar-refractivity contribution in [3.63, 3.8) is 0 Å². The molecular formula is C11H15ClN4O2. The number of halogens is 1. The highest BCUT2D eigenvalue weighted by Crippen LogP contribution is 2.32. The van der Waals surface area contributed by atoms with Crippen LogP contribution in [0.15, 0.2) is 12.3 Å². The van der Waals surface area contributed by atoms with Crippen LogP contribution in [0.4, 0.5) is 11.5 Å². The molecule has 1 aliphatic heterocycles. The van der Waals surface area contributed by atoms with Crippen molar-refractivity contribution >= 4 is 23.1 Å². The third-order valence-electron chi connectivity index (χ3n) is 3.10. The zero-order valence-corrected chi connectivity index (χ0v) is 10.9. The van der Waals surface area contributed by atoms with Gasteiger partial charge >= 0.3 is 5.69 Å². The number of nitrogens with one attached hydrogen (secondary N) is 1. The van der Waals surface area contributed by atoms with E-state index in [1.165, 1.54) is 12.3 Å². The van der Waals surface area contributed by atoms with E-state index in [1.54, 1.807) is 0 Å². The van der Waals surface area contributed by atoms with Gasteiger partial charge < -0.3 is 10.2 Å². The molecule has 98 valence electrons. The highest BCUT2D eigenvalue weighted by atomic mass is 35.5. The Labute approximate surface area is 110 Å². The molecule has 0 radical (unpaired) electrons. The van der Waals surface area contributed by atoms with Crippen LogP contribution in [-0.2, 0) is 0 Å². The molecule has 1 aliphatic rings. The lowest BCUT2D eigenvalue weighted by molar-refractivity contribution is -0.384. The van der Waals surface area contributed by atoms with Crippen molar-refractivity contribution in [3.05, 3.63) is 27.4 Å². The summed E-state index contributed by atoms with van der Waals surface area (Å²) in [7, 11) is 1.88. The second-order valence-corrected chi connectivity index (χ2v) is 4.74. The monoisotopic (exact) mass is 270 g/mol. The second-order valence-electron chi connectivity index (χ2n) is 4.30. The molecule has 1 N–H and O–H groups in total. The SMILES string of the molecule is CNCC1CCCN1c1ncc(Cl)cc1[N+](=O)[O-]. The smallest absolute Gasteiger partial charge is 0.313 e. The van der Waals surface area contributed by atoms with Gasteiger partial charge in [-0.05, 0) is 19.9 Å². The van der Waals surface area contributed by atoms with Crippen LogP contribution in [0.2, 0.25) is 5.02 Å². The van der Waals surface area contributed by atoms with Crippen LogP contribution in [0.3, 0.4) is 0 Å². The molecule has 0 aromatic carbocycles. The number of hydrogen-bond donors (Lipinski definition) is 1. The van der Waals surface area contributed by atoms with Crippen LogP contribution >= 0.6 is 11.6 Å². The van der Waals surface area contributed by atoms with Crippen LogP contribution < -0.4 is 10.2 Å². The Morgan fingerprint density at radius 3 is 3.17 bits per heavy atom. The summed E-state index contributed by atoms with van der Waals surface area (Å²) in [5.74, 6) is 0.419. The van der Waals surface area contributed by atoms with E-state index in [0.29, 0.717) is 5.82 Å². The van der Waals surface area contributed by atoms with Gasteiger partial charge in [0.05, 0.1) is 9.95 Å². The highest BCUT2D eigenvalue weighted by molar-refractivity contribution is 6.30. The van der Waals surface area contributed by atoms with Crippen LogP contribution in [0.25, 0.3) is 0 Å². The zero-order chi connectivity index (χ0) is 13.1. The minimum absolute atomic E-state index is 0.0227. The van der Waals surface area contributed by atoms with Gasteiger partial charge in [-0.1, -0.05) is 11.6 Å². The van der Waals surface area contributed by atoms with E-state index in [9.17, 15) is 10.1 Å². The second kappa shape index (κ2) is 5.49. The number of anilines is 1. The number of rotatable bonds is 4. The van der Waals surface area contributed by atoms with Crippen LogP contribution in [0, 0.1) is 10.1 Å². The van der Waals surface area contributed by atoms with Gasteiger partial charge in [0.25, 0.3) is 0 Å². The van der Waals surface area contributed by atoms with Crippen molar-refractivity contribution in [2.75, 3.05) is 25.0 Å². The summed E-state index contributed by atoms with van der Waals surface area (Å²) in [5.41, 5.74) is -0.0227. The number of pyridine rings is 1. The molecule has 1 saturated heterocycles. The summed E-state index contributed by atoms with van der Waals surface area (Å²) in [4.78, 5) is 16.8. The maximum absolute atomic E-state index is 11.1. The van der Waals surface area contributed by atoms with Crippen molar-refractivity contribution in [2.24, 2.45) is 0 Å². The van der Waals surface area contributed by atoms with Gasteiger partial charge in [-0.15, -0.1) is 0 Å². The van der Waals surface area contributed by atoms with Crippen LogP contribution in [0.1, 0.15) is 12.8 Å². The highest BCUT2D eigenvalue weighted by Gasteiger charge is 2.30. The van der Waals surface area contributed by atoms with Gasteiger partial charge in [0, 0.05) is 31.4 Å². The minimum Gasteiger partial charge on any atom is -0.347 e. The normalized spacial score (nSPS) is 19.2. The fourth-order valence-electron chi connectivity index (χ4n) is 2.34. The molecule has 7 heteroatoms. The maximum Gasteiger partial charge on any atom is 0.313 e. The van der Waals surface area contributed by atoms with Crippen LogP contribution in [0.5, 0.6) is 0 Å². The fourth-order valence-corrected chi connectivity index (χ4v) is 2.49. The molecule has 2 heterocycles. The lowest BCUT2D eigenvalue weighted by atomic mass is 10.2. The third kappa shape index (κ3) is 2.54. The van der Waals surface area contributed by atoms with Gasteiger partial charge in [-0.2, -0.15) is 0 Å². The fraction of sp³-hybridized carbons (Fsp3) is 0.545. The van der Waals surface area contributed by atoms with Crippen molar-refractivity contribution in [1.29, 1.82) is 0 Å². The standard InChI is InChI=1S/C11H15ClN4O2/c1-13-7-9-3-2-4-15(9)11-10(16(17)18)5-8(12)6-14-11/h5-6,9,13H,2-4,7H2,1H3. The Kier molecular flexibility index (Phi) is 3.98. The largest absolute Gasteiger partial charge is 0.347 e. The average Bonchev–Trinajstić information content (AvgIpc) is 2.77. The Balaban J connectivity index is 2.34. The van der Waals surface area contributed by atoms with Gasteiger partial charge in [0.1, 0.15) is 0 Å². The number of hydrogen-bond acceptors (Lipinski definition) is 5. The van der Waals surface area contributed by atoms with E-state index in [-0.39, 0.29) is 16.8 Å². The van der Waals surface area contributed by atoms with E-state index in [0.717, 1.165) is 25.9 Å². The molecule has 0 spiro atoms. The van der Waals surface area contributed by atoms with E-state index >= 15 is 0 Å². The summed E-state index contributed by atoms with van der Waals surface area (Å²) in [6, 6.07) is 1.61. The molecule has 1 atom stereocenters. The molecule has 1 fully saturated rings. The van der Waals surface area contributed by atoms with E-state index in [1.807, 2.05) is 11.9 Å². The van der Waals surface area contributed by atoms with E-state index in [2.05, 4.69) is 10.3 Å². The van der Waals surface area contributed by atoms with Gasteiger partial charge in [-0.25, -0.2) is 4.98 Å². The molecule has 0 aliphatic carbocycles. The molecule has 1 unspecified atom stereocenters. The number of nitro groups is 1. The van der Waals surface area contributed by atoms with Crippen molar-refractivity contribution in [3.8, 4) is 0 Å². The Morgan fingerprint density at radius 2 is 2.50 bits per heavy atom. The molecule has 1 aromatic rings. The summed E-state index contributed by atoms with van der Waals surface area (Å²) < 4.78 is 0. The first-order valence-corrected chi connectivity index (χ1v) is 6.22. The number of likely N-dealkylation sites (N-methyl/N-ethyl adjacent to an activating group) is 1. The maximum atomic E-state index is 11.1. The summed E-state index contributed by atoms with van der Waals surface area (Å²) in [6.07, 6.45) is 3.49. The first kappa shape index (κ1) is 13.0. The molecule has 2 rings (SSSR count). The molecular weight excluding hydrogens is 256 g/mol. The lowest BCUT2D eigenvalue weighted by Crippen LogP contribution is -2.37.